The van der Waals surface area contributed by atoms with Crippen LogP contribution in [-0.4, -0.2) is 4.87 Å². The van der Waals surface area contributed by atoms with E-state index in [1.165, 1.54) is 56.1 Å². The van der Waals surface area contributed by atoms with E-state index in [1.54, 1.807) is 0 Å². The largest absolute Gasteiger partial charge is 0.119 e. The number of benzene rings is 1. The summed E-state index contributed by atoms with van der Waals surface area (Å²) in [7, 11) is 0. The lowest BCUT2D eigenvalue weighted by atomic mass is 9.83. The van der Waals surface area contributed by atoms with Crippen molar-refractivity contribution in [1.29, 1.82) is 0 Å². The molecule has 0 heterocycles. The quantitative estimate of drug-likeness (QED) is 0.345. The highest BCUT2D eigenvalue weighted by molar-refractivity contribution is 6.24. The molecule has 20 heavy (non-hydrogen) atoms. The molecule has 1 atom stereocenters. The van der Waals surface area contributed by atoms with Crippen molar-refractivity contribution in [2.45, 2.75) is 83.4 Å². The van der Waals surface area contributed by atoms with E-state index in [-0.39, 0.29) is 4.87 Å². The summed E-state index contributed by atoms with van der Waals surface area (Å²) in [6, 6.07) is 8.90. The fourth-order valence-electron chi connectivity index (χ4n) is 2.83. The first kappa shape index (κ1) is 17.6. The topological polar surface area (TPSA) is 0 Å². The predicted octanol–water partition coefficient (Wildman–Crippen LogP) is 6.85. The molecule has 0 nitrogen and oxygen atoms in total. The molecule has 0 aliphatic carbocycles. The molecule has 0 amide bonds. The molecular weight excluding hydrogens is 264 g/mol. The van der Waals surface area contributed by atoms with Gasteiger partial charge in [0.2, 0.25) is 0 Å². The second-order valence-corrected chi connectivity index (χ2v) is 7.56. The van der Waals surface area contributed by atoms with E-state index in [1.807, 2.05) is 0 Å². The average Bonchev–Trinajstić information content (AvgIpc) is 2.38. The van der Waals surface area contributed by atoms with Crippen LogP contribution in [0.5, 0.6) is 0 Å². The van der Waals surface area contributed by atoms with Crippen molar-refractivity contribution in [3.63, 3.8) is 0 Å². The van der Waals surface area contributed by atoms with Crippen LogP contribution in [0.25, 0.3) is 0 Å². The zero-order valence-electron chi connectivity index (χ0n) is 13.7. The zero-order chi connectivity index (χ0) is 15.0. The predicted molar refractivity (Wildman–Crippen MR) is 91.8 cm³/mol. The lowest BCUT2D eigenvalue weighted by molar-refractivity contribution is 0.467. The minimum Gasteiger partial charge on any atom is -0.119 e. The first-order chi connectivity index (χ1) is 9.45. The molecule has 0 N–H and O–H groups in total. The van der Waals surface area contributed by atoms with E-state index in [0.717, 1.165) is 0 Å². The second kappa shape index (κ2) is 8.72. The van der Waals surface area contributed by atoms with Crippen LogP contribution in [0, 0.1) is 6.92 Å². The molecular formula is C19H31Cl. The molecule has 0 radical (unpaired) electrons. The smallest absolute Gasteiger partial charge is 0.0459 e. The molecule has 0 spiro atoms. The van der Waals surface area contributed by atoms with E-state index in [0.29, 0.717) is 5.92 Å². The van der Waals surface area contributed by atoms with Crippen LogP contribution in [0.3, 0.4) is 0 Å². The first-order valence-electron chi connectivity index (χ1n) is 8.20. The molecule has 0 saturated heterocycles. The van der Waals surface area contributed by atoms with Gasteiger partial charge in [0, 0.05) is 10.8 Å². The maximum atomic E-state index is 6.64. The second-order valence-electron chi connectivity index (χ2n) is 6.58. The van der Waals surface area contributed by atoms with E-state index in [4.69, 9.17) is 11.6 Å². The van der Waals surface area contributed by atoms with E-state index in [9.17, 15) is 0 Å². The average molecular weight is 295 g/mol. The summed E-state index contributed by atoms with van der Waals surface area (Å²) < 4.78 is 0. The lowest BCUT2D eigenvalue weighted by Gasteiger charge is -2.29. The van der Waals surface area contributed by atoms with Gasteiger partial charge in [-0.15, -0.1) is 11.6 Å². The Balaban J connectivity index is 2.51. The molecule has 0 aromatic heterocycles. The van der Waals surface area contributed by atoms with Crippen molar-refractivity contribution in [1.82, 2.24) is 0 Å². The van der Waals surface area contributed by atoms with Crippen LogP contribution in [0.4, 0.5) is 0 Å². The Labute approximate surface area is 130 Å². The molecule has 1 aromatic carbocycles. The number of alkyl halides is 1. The number of halogens is 1. The number of rotatable bonds is 9. The van der Waals surface area contributed by atoms with Gasteiger partial charge in [-0.25, -0.2) is 0 Å². The molecule has 114 valence electrons. The third kappa shape index (κ3) is 6.31. The van der Waals surface area contributed by atoms with Crippen LogP contribution in [0.1, 0.15) is 82.8 Å². The summed E-state index contributed by atoms with van der Waals surface area (Å²) in [6.45, 7) is 8.70. The van der Waals surface area contributed by atoms with Crippen LogP contribution in [0.15, 0.2) is 24.3 Å². The molecule has 0 fully saturated rings. The fourth-order valence-corrected chi connectivity index (χ4v) is 3.07. The summed E-state index contributed by atoms with van der Waals surface area (Å²) in [6.07, 6.45) is 9.29. The summed E-state index contributed by atoms with van der Waals surface area (Å²) in [5.41, 5.74) is 2.71. The molecule has 0 saturated carbocycles. The maximum absolute atomic E-state index is 6.64. The van der Waals surface area contributed by atoms with Gasteiger partial charge in [-0.05, 0) is 32.8 Å². The van der Waals surface area contributed by atoms with Crippen molar-refractivity contribution in [3.8, 4) is 0 Å². The SMILES string of the molecule is CCCCCCCCC(c1ccc(C)cc1)C(C)(C)Cl. The molecule has 0 bridgehead atoms. The Morgan fingerprint density at radius 1 is 0.950 bits per heavy atom. The normalized spacial score (nSPS) is 13.4. The molecule has 1 rings (SSSR count). The third-order valence-corrected chi connectivity index (χ3v) is 4.42. The number of aryl methyl sites for hydroxylation is 1. The van der Waals surface area contributed by atoms with Crippen LogP contribution in [0.2, 0.25) is 0 Å². The highest BCUT2D eigenvalue weighted by Crippen LogP contribution is 2.37. The van der Waals surface area contributed by atoms with Gasteiger partial charge in [0.25, 0.3) is 0 Å². The third-order valence-electron chi connectivity index (χ3n) is 4.15. The Morgan fingerprint density at radius 3 is 2.05 bits per heavy atom. The molecule has 1 aromatic rings. The van der Waals surface area contributed by atoms with Crippen molar-refractivity contribution in [3.05, 3.63) is 35.4 Å². The van der Waals surface area contributed by atoms with Gasteiger partial charge in [0.1, 0.15) is 0 Å². The fraction of sp³-hybridized carbons (Fsp3) is 0.684. The number of hydrogen-bond acceptors (Lipinski definition) is 0. The van der Waals surface area contributed by atoms with E-state index >= 15 is 0 Å². The summed E-state index contributed by atoms with van der Waals surface area (Å²) >= 11 is 6.64. The highest BCUT2D eigenvalue weighted by Gasteiger charge is 2.27. The standard InChI is InChI=1S/C19H31Cl/c1-5-6-7-8-9-10-11-18(19(3,4)20)17-14-12-16(2)13-15-17/h12-15,18H,5-11H2,1-4H3. The Morgan fingerprint density at radius 2 is 1.50 bits per heavy atom. The van der Waals surface area contributed by atoms with Gasteiger partial charge in [0.15, 0.2) is 0 Å². The molecule has 1 unspecified atom stereocenters. The summed E-state index contributed by atoms with van der Waals surface area (Å²) in [4.78, 5) is -0.168. The van der Waals surface area contributed by atoms with E-state index < -0.39 is 0 Å². The Hall–Kier alpha value is -0.490. The monoisotopic (exact) mass is 294 g/mol. The van der Waals surface area contributed by atoms with Gasteiger partial charge in [0.05, 0.1) is 0 Å². The van der Waals surface area contributed by atoms with Gasteiger partial charge in [-0.1, -0.05) is 75.3 Å². The van der Waals surface area contributed by atoms with Crippen molar-refractivity contribution < 1.29 is 0 Å². The lowest BCUT2D eigenvalue weighted by Crippen LogP contribution is -2.22. The van der Waals surface area contributed by atoms with Crippen LogP contribution < -0.4 is 0 Å². The van der Waals surface area contributed by atoms with Crippen molar-refractivity contribution >= 4 is 11.6 Å². The van der Waals surface area contributed by atoms with Crippen molar-refractivity contribution in [2.24, 2.45) is 0 Å². The maximum Gasteiger partial charge on any atom is 0.0459 e. The van der Waals surface area contributed by atoms with Crippen LogP contribution in [-0.2, 0) is 0 Å². The summed E-state index contributed by atoms with van der Waals surface area (Å²) in [5.74, 6) is 0.455. The van der Waals surface area contributed by atoms with Gasteiger partial charge in [-0.2, -0.15) is 0 Å². The number of unbranched alkanes of at least 4 members (excludes halogenated alkanes) is 5. The van der Waals surface area contributed by atoms with Gasteiger partial charge in [-0.3, -0.25) is 0 Å². The zero-order valence-corrected chi connectivity index (χ0v) is 14.5. The first-order valence-corrected chi connectivity index (χ1v) is 8.58. The highest BCUT2D eigenvalue weighted by atomic mass is 35.5. The molecule has 1 heteroatoms. The van der Waals surface area contributed by atoms with Crippen molar-refractivity contribution in [2.75, 3.05) is 0 Å². The summed E-state index contributed by atoms with van der Waals surface area (Å²) in [5, 5.41) is 0. The minimum absolute atomic E-state index is 0.168. The molecule has 0 aliphatic rings. The van der Waals surface area contributed by atoms with Gasteiger partial charge >= 0.3 is 0 Å². The van der Waals surface area contributed by atoms with Crippen LogP contribution >= 0.6 is 11.6 Å². The number of hydrogen-bond donors (Lipinski definition) is 0. The molecule has 0 aliphatic heterocycles. The van der Waals surface area contributed by atoms with Gasteiger partial charge < -0.3 is 0 Å². The Kier molecular flexibility index (Phi) is 7.66. The minimum atomic E-state index is -0.168. The van der Waals surface area contributed by atoms with E-state index in [2.05, 4.69) is 52.0 Å². The Bertz CT molecular complexity index is 358.